The van der Waals surface area contributed by atoms with Crippen LogP contribution in [0.15, 0.2) is 29.6 Å². The number of aliphatic hydroxyl groups is 1. The van der Waals surface area contributed by atoms with Crippen molar-refractivity contribution < 1.29 is 19.4 Å². The average Bonchev–Trinajstić information content (AvgIpc) is 2.76. The van der Waals surface area contributed by atoms with Crippen molar-refractivity contribution in [2.24, 2.45) is 5.10 Å². The number of hydrogen-bond donors (Lipinski definition) is 1. The van der Waals surface area contributed by atoms with Gasteiger partial charge in [0, 0.05) is 24.5 Å². The third-order valence-corrected chi connectivity index (χ3v) is 2.83. The molecule has 0 saturated carbocycles. The molecular weight excluding hydrogens is 262 g/mol. The molecule has 1 aliphatic rings. The highest BCUT2D eigenvalue weighted by Gasteiger charge is 2.51. The summed E-state index contributed by atoms with van der Waals surface area (Å²) in [6.07, 6.45) is 2.79. The fraction of sp³-hybridized carbons (Fsp3) is 0.385. The maximum absolute atomic E-state index is 12.3. The van der Waals surface area contributed by atoms with Crippen molar-refractivity contribution in [3.05, 3.63) is 30.1 Å². The van der Waals surface area contributed by atoms with E-state index in [2.05, 4.69) is 10.1 Å². The van der Waals surface area contributed by atoms with Crippen LogP contribution in [-0.2, 0) is 9.53 Å². The minimum absolute atomic E-state index is 0.0716. The number of amides is 1. The highest BCUT2D eigenvalue weighted by Crippen LogP contribution is 2.28. The van der Waals surface area contributed by atoms with Crippen LogP contribution in [0.2, 0.25) is 0 Å². The molecule has 2 rings (SSSR count). The minimum atomic E-state index is -2.09. The molecule has 2 heterocycles. The molecule has 1 N–H and O–H groups in total. The van der Waals surface area contributed by atoms with Gasteiger partial charge in [-0.05, 0) is 26.0 Å². The van der Waals surface area contributed by atoms with Crippen LogP contribution >= 0.6 is 0 Å². The Labute approximate surface area is 115 Å². The van der Waals surface area contributed by atoms with E-state index in [9.17, 15) is 14.7 Å². The van der Waals surface area contributed by atoms with Crippen molar-refractivity contribution in [1.82, 2.24) is 9.99 Å². The largest absolute Gasteiger partial charge is 0.462 e. The normalized spacial score (nSPS) is 21.6. The number of ether oxygens (including phenoxy) is 1. The molecule has 1 atom stereocenters. The first-order valence-corrected chi connectivity index (χ1v) is 6.17. The molecule has 0 spiro atoms. The van der Waals surface area contributed by atoms with E-state index >= 15 is 0 Å². The van der Waals surface area contributed by atoms with Gasteiger partial charge in [0.05, 0.1) is 12.2 Å². The first-order chi connectivity index (χ1) is 9.49. The van der Waals surface area contributed by atoms with E-state index in [-0.39, 0.29) is 18.6 Å². The number of pyridine rings is 1. The first kappa shape index (κ1) is 14.1. The summed E-state index contributed by atoms with van der Waals surface area (Å²) in [5.41, 5.74) is -1.39. The Balaban J connectivity index is 2.32. The lowest BCUT2D eigenvalue weighted by Crippen LogP contribution is -2.53. The van der Waals surface area contributed by atoms with E-state index < -0.39 is 17.6 Å². The van der Waals surface area contributed by atoms with Crippen LogP contribution in [0.1, 0.15) is 30.6 Å². The summed E-state index contributed by atoms with van der Waals surface area (Å²) in [5.74, 6) is -1.50. The van der Waals surface area contributed by atoms with Crippen molar-refractivity contribution in [3.63, 3.8) is 0 Å². The molecule has 0 bridgehead atoms. The van der Waals surface area contributed by atoms with Crippen molar-refractivity contribution in [1.29, 1.82) is 0 Å². The fourth-order valence-electron chi connectivity index (χ4n) is 1.95. The van der Waals surface area contributed by atoms with E-state index in [0.29, 0.717) is 5.71 Å². The summed E-state index contributed by atoms with van der Waals surface area (Å²) in [5, 5.41) is 15.2. The van der Waals surface area contributed by atoms with Crippen molar-refractivity contribution in [3.8, 4) is 0 Å². The van der Waals surface area contributed by atoms with Crippen molar-refractivity contribution in [2.75, 3.05) is 6.61 Å². The van der Waals surface area contributed by atoms with Gasteiger partial charge in [-0.1, -0.05) is 0 Å². The molecule has 1 aromatic rings. The number of aromatic nitrogens is 1. The Hall–Kier alpha value is -2.28. The summed E-state index contributed by atoms with van der Waals surface area (Å²) in [6.45, 7) is 3.35. The van der Waals surface area contributed by atoms with Crippen LogP contribution in [0.3, 0.4) is 0 Å². The topological polar surface area (TPSA) is 92.1 Å². The second-order valence-corrected chi connectivity index (χ2v) is 4.41. The van der Waals surface area contributed by atoms with Gasteiger partial charge in [-0.3, -0.25) is 9.78 Å². The van der Waals surface area contributed by atoms with Gasteiger partial charge in [-0.15, -0.1) is 0 Å². The lowest BCUT2D eigenvalue weighted by Gasteiger charge is -2.28. The first-order valence-electron chi connectivity index (χ1n) is 6.17. The Kier molecular flexibility index (Phi) is 3.80. The highest BCUT2D eigenvalue weighted by atomic mass is 16.6. The molecule has 106 valence electrons. The van der Waals surface area contributed by atoms with Crippen LogP contribution in [0.4, 0.5) is 0 Å². The predicted molar refractivity (Wildman–Crippen MR) is 69.7 cm³/mol. The number of rotatable bonds is 3. The molecule has 0 aliphatic carbocycles. The SMILES string of the molecule is CCOC(=O)[C@@]1(O)CC(C)=NN1C(=O)c1cccnc1. The lowest BCUT2D eigenvalue weighted by molar-refractivity contribution is -0.179. The molecule has 0 fully saturated rings. The van der Waals surface area contributed by atoms with Gasteiger partial charge in [0.15, 0.2) is 0 Å². The maximum atomic E-state index is 12.3. The Morgan fingerprint density at radius 1 is 1.55 bits per heavy atom. The van der Waals surface area contributed by atoms with E-state index in [1.807, 2.05) is 0 Å². The molecule has 1 aliphatic heterocycles. The molecule has 1 amide bonds. The number of hydrazone groups is 1. The summed E-state index contributed by atoms with van der Waals surface area (Å²) in [4.78, 5) is 28.1. The van der Waals surface area contributed by atoms with E-state index in [4.69, 9.17) is 4.74 Å². The minimum Gasteiger partial charge on any atom is -0.462 e. The maximum Gasteiger partial charge on any atom is 0.362 e. The van der Waals surface area contributed by atoms with Gasteiger partial charge in [-0.2, -0.15) is 10.1 Å². The lowest BCUT2D eigenvalue weighted by atomic mass is 10.1. The van der Waals surface area contributed by atoms with Crippen LogP contribution < -0.4 is 0 Å². The van der Waals surface area contributed by atoms with E-state index in [1.54, 1.807) is 19.9 Å². The second kappa shape index (κ2) is 5.38. The molecular formula is C13H15N3O4. The predicted octanol–water partition coefficient (Wildman–Crippen LogP) is 0.555. The number of nitrogens with zero attached hydrogens (tertiary/aromatic N) is 3. The van der Waals surface area contributed by atoms with Gasteiger partial charge in [0.2, 0.25) is 0 Å². The monoisotopic (exact) mass is 277 g/mol. The molecule has 1 aromatic heterocycles. The number of carbonyl (C=O) groups is 2. The highest BCUT2D eigenvalue weighted by molar-refractivity contribution is 6.02. The van der Waals surface area contributed by atoms with Crippen LogP contribution in [0, 0.1) is 0 Å². The number of hydrogen-bond acceptors (Lipinski definition) is 6. The van der Waals surface area contributed by atoms with Gasteiger partial charge in [-0.25, -0.2) is 4.79 Å². The third kappa shape index (κ3) is 2.39. The average molecular weight is 277 g/mol. The van der Waals surface area contributed by atoms with Gasteiger partial charge < -0.3 is 9.84 Å². The summed E-state index contributed by atoms with van der Waals surface area (Å²) in [6, 6.07) is 3.12. The Morgan fingerprint density at radius 3 is 2.90 bits per heavy atom. The van der Waals surface area contributed by atoms with Crippen molar-refractivity contribution >= 4 is 17.6 Å². The van der Waals surface area contributed by atoms with Gasteiger partial charge in [0.1, 0.15) is 0 Å². The molecule has 0 radical (unpaired) electrons. The molecule has 7 nitrogen and oxygen atoms in total. The third-order valence-electron chi connectivity index (χ3n) is 2.83. The Morgan fingerprint density at radius 2 is 2.30 bits per heavy atom. The zero-order valence-electron chi connectivity index (χ0n) is 11.2. The summed E-state index contributed by atoms with van der Waals surface area (Å²) < 4.78 is 4.82. The smallest absolute Gasteiger partial charge is 0.362 e. The number of carbonyl (C=O) groups excluding carboxylic acids is 2. The van der Waals surface area contributed by atoms with Gasteiger partial charge in [0.25, 0.3) is 11.6 Å². The van der Waals surface area contributed by atoms with Crippen LogP contribution in [0.25, 0.3) is 0 Å². The van der Waals surface area contributed by atoms with Gasteiger partial charge >= 0.3 is 5.97 Å². The van der Waals surface area contributed by atoms with Crippen molar-refractivity contribution in [2.45, 2.75) is 26.0 Å². The second-order valence-electron chi connectivity index (χ2n) is 4.41. The van der Waals surface area contributed by atoms with Crippen LogP contribution in [-0.4, -0.2) is 45.0 Å². The van der Waals surface area contributed by atoms with E-state index in [0.717, 1.165) is 5.01 Å². The van der Waals surface area contributed by atoms with E-state index in [1.165, 1.54) is 18.5 Å². The Bertz CT molecular complexity index is 558. The summed E-state index contributed by atoms with van der Waals surface area (Å²) in [7, 11) is 0. The molecule has 0 saturated heterocycles. The fourth-order valence-corrected chi connectivity index (χ4v) is 1.95. The standard InChI is InChI=1S/C13H15N3O4/c1-3-20-12(18)13(19)7-9(2)15-16(13)11(17)10-5-4-6-14-8-10/h4-6,8,19H,3,7H2,1-2H3/t13-/m0/s1. The molecule has 7 heteroatoms. The zero-order valence-corrected chi connectivity index (χ0v) is 11.2. The molecule has 0 unspecified atom stereocenters. The summed E-state index contributed by atoms with van der Waals surface area (Å²) >= 11 is 0. The van der Waals surface area contributed by atoms with Crippen LogP contribution in [0.5, 0.6) is 0 Å². The zero-order chi connectivity index (χ0) is 14.8. The quantitative estimate of drug-likeness (QED) is 0.815. The number of esters is 1. The molecule has 20 heavy (non-hydrogen) atoms. The molecule has 0 aromatic carbocycles.